The number of rotatable bonds is 3. The van der Waals surface area contributed by atoms with Crippen LogP contribution >= 0.6 is 55.1 Å². The van der Waals surface area contributed by atoms with Crippen molar-refractivity contribution in [1.29, 1.82) is 0 Å². The van der Waals surface area contributed by atoms with Crippen LogP contribution in [0.2, 0.25) is 10.0 Å². The first-order chi connectivity index (χ1) is 13.9. The molecule has 4 rings (SSSR count). The Morgan fingerprint density at radius 1 is 0.931 bits per heavy atom. The lowest BCUT2D eigenvalue weighted by Crippen LogP contribution is -2.33. The number of aliphatic imine (C=N–C) groups is 1. The predicted molar refractivity (Wildman–Crippen MR) is 126 cm³/mol. The highest BCUT2D eigenvalue weighted by Gasteiger charge is 2.29. The number of aromatic hydroxyl groups is 1. The van der Waals surface area contributed by atoms with Crippen LogP contribution in [0.5, 0.6) is 5.75 Å². The average Bonchev–Trinajstić information content (AvgIpc) is 2.69. The Morgan fingerprint density at radius 3 is 2.48 bits per heavy atom. The molecule has 2 atom stereocenters. The molecule has 3 aromatic rings. The van der Waals surface area contributed by atoms with Crippen LogP contribution in [0.1, 0.15) is 35.3 Å². The molecule has 2 N–H and O–H groups in total. The molecule has 3 aromatic carbocycles. The zero-order chi connectivity index (χ0) is 20.5. The van der Waals surface area contributed by atoms with Crippen molar-refractivity contribution in [3.8, 4) is 5.75 Å². The highest BCUT2D eigenvalue weighted by molar-refractivity contribution is 9.10. The van der Waals surface area contributed by atoms with Crippen molar-refractivity contribution in [2.75, 3.05) is 0 Å². The summed E-state index contributed by atoms with van der Waals surface area (Å²) in [5.41, 5.74) is 3.60. The van der Waals surface area contributed by atoms with Crippen molar-refractivity contribution in [2.24, 2.45) is 4.99 Å². The zero-order valence-electron chi connectivity index (χ0n) is 15.0. The fourth-order valence-electron chi connectivity index (χ4n) is 3.44. The van der Waals surface area contributed by atoms with Crippen molar-refractivity contribution in [1.82, 2.24) is 5.32 Å². The molecule has 0 saturated carbocycles. The van der Waals surface area contributed by atoms with Gasteiger partial charge in [-0.3, -0.25) is 10.3 Å². The predicted octanol–water partition coefficient (Wildman–Crippen LogP) is 7.45. The number of nitrogens with zero attached hydrogens (tertiary/aromatic N) is 1. The quantitative estimate of drug-likeness (QED) is 0.353. The third kappa shape index (κ3) is 4.70. The van der Waals surface area contributed by atoms with Gasteiger partial charge in [-0.15, -0.1) is 0 Å². The van der Waals surface area contributed by atoms with Gasteiger partial charge < -0.3 is 5.11 Å². The molecule has 0 bridgehead atoms. The second-order valence-corrected chi connectivity index (χ2v) is 9.46. The summed E-state index contributed by atoms with van der Waals surface area (Å²) in [6.07, 6.45) is 0.258. The van der Waals surface area contributed by atoms with Crippen molar-refractivity contribution >= 4 is 60.8 Å². The van der Waals surface area contributed by atoms with E-state index in [1.54, 1.807) is 18.2 Å². The molecule has 0 fully saturated rings. The van der Waals surface area contributed by atoms with E-state index in [-0.39, 0.29) is 18.0 Å². The van der Waals surface area contributed by atoms with Gasteiger partial charge in [-0.2, -0.15) is 0 Å². The van der Waals surface area contributed by atoms with Crippen LogP contribution in [0.25, 0.3) is 0 Å². The molecule has 7 heteroatoms. The van der Waals surface area contributed by atoms with E-state index in [0.717, 1.165) is 31.3 Å². The summed E-state index contributed by atoms with van der Waals surface area (Å²) in [6, 6.07) is 18.7. The van der Waals surface area contributed by atoms with Gasteiger partial charge in [0.2, 0.25) is 0 Å². The Balaban J connectivity index is 1.81. The molecule has 1 aliphatic heterocycles. The molecule has 0 unspecified atom stereocenters. The number of hydrogen-bond donors (Lipinski definition) is 2. The molecule has 0 saturated heterocycles. The second-order valence-electron chi connectivity index (χ2n) is 6.78. The number of phenols is 1. The number of hydrogen-bond acceptors (Lipinski definition) is 3. The van der Waals surface area contributed by atoms with Gasteiger partial charge in [0, 0.05) is 48.3 Å². The first-order valence-electron chi connectivity index (χ1n) is 8.93. The monoisotopic (exact) mass is 552 g/mol. The molecule has 1 aliphatic rings. The van der Waals surface area contributed by atoms with E-state index in [1.165, 1.54) is 0 Å². The maximum absolute atomic E-state index is 10.5. The minimum atomic E-state index is -0.370. The molecule has 3 nitrogen and oxygen atoms in total. The molecule has 148 valence electrons. The Kier molecular flexibility index (Phi) is 6.32. The first-order valence-corrected chi connectivity index (χ1v) is 11.3. The van der Waals surface area contributed by atoms with Gasteiger partial charge in [-0.1, -0.05) is 73.3 Å². The number of phenolic OH excluding ortho intramolecular Hbond substituents is 1. The molecule has 0 aliphatic carbocycles. The van der Waals surface area contributed by atoms with Crippen molar-refractivity contribution < 1.29 is 5.11 Å². The Bertz CT molecular complexity index is 1100. The molecule has 0 amide bonds. The molecule has 29 heavy (non-hydrogen) atoms. The van der Waals surface area contributed by atoms with E-state index in [2.05, 4.69) is 37.2 Å². The standard InChI is InChI=1S/C22H16Br2Cl2N2O/c23-13-3-1-2-12(8-13)19-11-20(17-9-14(24)4-7-21(17)29)28-22(27-19)16-6-5-15(25)10-18(16)26/h1-10,20,22,28-29H,11H2/t20-,22+/m1/s1. The third-order valence-corrected chi connectivity index (χ3v) is 6.37. The van der Waals surface area contributed by atoms with Crippen LogP contribution in [-0.4, -0.2) is 10.8 Å². The molecule has 0 aromatic heterocycles. The van der Waals surface area contributed by atoms with Crippen molar-refractivity contribution in [2.45, 2.75) is 18.6 Å². The van der Waals surface area contributed by atoms with Gasteiger partial charge in [0.05, 0.1) is 0 Å². The van der Waals surface area contributed by atoms with Gasteiger partial charge in [0.25, 0.3) is 0 Å². The van der Waals surface area contributed by atoms with Crippen LogP contribution in [0.3, 0.4) is 0 Å². The van der Waals surface area contributed by atoms with Crippen molar-refractivity contribution in [3.63, 3.8) is 0 Å². The summed E-state index contributed by atoms with van der Waals surface area (Å²) in [5.74, 6) is 0.238. The maximum Gasteiger partial charge on any atom is 0.127 e. The van der Waals surface area contributed by atoms with Gasteiger partial charge in [-0.25, -0.2) is 0 Å². The Morgan fingerprint density at radius 2 is 1.72 bits per heavy atom. The Labute approximate surface area is 196 Å². The normalized spacial score (nSPS) is 19.1. The SMILES string of the molecule is Oc1ccc(Br)cc1[C@H]1CC(c2cccc(Br)c2)=N[C@H](c2ccc(Cl)cc2Cl)N1. The molecule has 1 heterocycles. The van der Waals surface area contributed by atoms with E-state index >= 15 is 0 Å². The minimum absolute atomic E-state index is 0.143. The van der Waals surface area contributed by atoms with Gasteiger partial charge in [0.15, 0.2) is 0 Å². The molecular weight excluding hydrogens is 539 g/mol. The second kappa shape index (κ2) is 8.78. The smallest absolute Gasteiger partial charge is 0.127 e. The van der Waals surface area contributed by atoms with E-state index in [0.29, 0.717) is 16.5 Å². The third-order valence-electron chi connectivity index (χ3n) is 4.82. The topological polar surface area (TPSA) is 44.6 Å². The van der Waals surface area contributed by atoms with Crippen LogP contribution in [0, 0.1) is 0 Å². The summed E-state index contributed by atoms with van der Waals surface area (Å²) in [5, 5.41) is 15.1. The largest absolute Gasteiger partial charge is 0.508 e. The first kappa shape index (κ1) is 20.9. The van der Waals surface area contributed by atoms with E-state index < -0.39 is 0 Å². The molecule has 0 spiro atoms. The minimum Gasteiger partial charge on any atom is -0.508 e. The van der Waals surface area contributed by atoms with Crippen molar-refractivity contribution in [3.05, 3.63) is 96.3 Å². The van der Waals surface area contributed by atoms with E-state index in [9.17, 15) is 5.11 Å². The Hall–Kier alpha value is -1.37. The fraction of sp³-hybridized carbons (Fsp3) is 0.136. The maximum atomic E-state index is 10.5. The summed E-state index contributed by atoms with van der Waals surface area (Å²) in [6.45, 7) is 0. The van der Waals surface area contributed by atoms with Gasteiger partial charge in [0.1, 0.15) is 11.9 Å². The summed E-state index contributed by atoms with van der Waals surface area (Å²) in [7, 11) is 0. The van der Waals surface area contributed by atoms with Gasteiger partial charge >= 0.3 is 0 Å². The van der Waals surface area contributed by atoms with E-state index in [4.69, 9.17) is 28.2 Å². The average molecular weight is 555 g/mol. The fourth-order valence-corrected chi connectivity index (χ4v) is 4.73. The number of nitrogens with one attached hydrogen (secondary N) is 1. The molecule has 0 radical (unpaired) electrons. The lowest BCUT2D eigenvalue weighted by Gasteiger charge is -2.31. The number of benzene rings is 3. The summed E-state index contributed by atoms with van der Waals surface area (Å²) < 4.78 is 1.89. The summed E-state index contributed by atoms with van der Waals surface area (Å²) >= 11 is 19.6. The molecular formula is C22H16Br2Cl2N2O. The van der Waals surface area contributed by atoms with Crippen LogP contribution in [0.4, 0.5) is 0 Å². The highest BCUT2D eigenvalue weighted by Crippen LogP contribution is 2.37. The highest BCUT2D eigenvalue weighted by atomic mass is 79.9. The van der Waals surface area contributed by atoms with E-state index in [1.807, 2.05) is 42.5 Å². The zero-order valence-corrected chi connectivity index (χ0v) is 19.7. The lowest BCUT2D eigenvalue weighted by molar-refractivity contribution is 0.412. The summed E-state index contributed by atoms with van der Waals surface area (Å²) in [4.78, 5) is 4.95. The number of halogens is 4. The van der Waals surface area contributed by atoms with Crippen LogP contribution in [0.15, 0.2) is 74.6 Å². The van der Waals surface area contributed by atoms with Crippen LogP contribution in [-0.2, 0) is 0 Å². The van der Waals surface area contributed by atoms with Gasteiger partial charge in [-0.05, 0) is 48.0 Å². The lowest BCUT2D eigenvalue weighted by atomic mass is 9.93. The van der Waals surface area contributed by atoms with Crippen LogP contribution < -0.4 is 5.32 Å².